The third kappa shape index (κ3) is 3.16. The van der Waals surface area contributed by atoms with Crippen LogP contribution in [0.25, 0.3) is 0 Å². The maximum absolute atomic E-state index is 6.06. The van der Waals surface area contributed by atoms with Crippen molar-refractivity contribution in [2.45, 2.75) is 43.9 Å². The van der Waals surface area contributed by atoms with Gasteiger partial charge in [-0.05, 0) is 31.7 Å². The van der Waals surface area contributed by atoms with Gasteiger partial charge in [0.05, 0.1) is 6.10 Å². The average molecular weight is 293 g/mol. The lowest BCUT2D eigenvalue weighted by molar-refractivity contribution is -0.0353. The Hall–Kier alpha value is -0.630. The molecule has 2 fully saturated rings. The van der Waals surface area contributed by atoms with Crippen molar-refractivity contribution in [1.82, 2.24) is 4.90 Å². The van der Waals surface area contributed by atoms with Gasteiger partial charge in [-0.2, -0.15) is 0 Å². The van der Waals surface area contributed by atoms with Crippen LogP contribution in [0.4, 0.5) is 0 Å². The van der Waals surface area contributed by atoms with E-state index in [1.165, 1.54) is 25.7 Å². The van der Waals surface area contributed by atoms with Gasteiger partial charge in [0.15, 0.2) is 0 Å². The van der Waals surface area contributed by atoms with Gasteiger partial charge >= 0.3 is 0 Å². The lowest BCUT2D eigenvalue weighted by Crippen LogP contribution is -2.58. The number of ether oxygens (including phenoxy) is 2. The fourth-order valence-corrected chi connectivity index (χ4v) is 3.53. The van der Waals surface area contributed by atoms with Crippen LogP contribution in [0.1, 0.15) is 25.7 Å². The minimum absolute atomic E-state index is 0.358. The van der Waals surface area contributed by atoms with Crippen molar-refractivity contribution in [3.8, 4) is 5.75 Å². The molecule has 4 heteroatoms. The number of nitrogens with zero attached hydrogens (tertiary/aromatic N) is 1. The van der Waals surface area contributed by atoms with Crippen LogP contribution in [0.15, 0.2) is 24.3 Å². The summed E-state index contributed by atoms with van der Waals surface area (Å²) >= 11 is 0. The van der Waals surface area contributed by atoms with Gasteiger partial charge in [-0.3, -0.25) is 4.90 Å². The molecule has 20 heavy (non-hydrogen) atoms. The van der Waals surface area contributed by atoms with Gasteiger partial charge in [-0.1, -0.05) is 18.2 Å². The van der Waals surface area contributed by atoms with E-state index in [9.17, 15) is 0 Å². The molecule has 0 amide bonds. The summed E-state index contributed by atoms with van der Waals surface area (Å²) < 4.78 is 11.5. The molecule has 0 N–H and O–H groups in total. The Labute approximate surface area is 123 Å². The minimum Gasteiger partial charge on any atom is -0.487 e. The van der Waals surface area contributed by atoms with Gasteiger partial charge < -0.3 is 9.47 Å². The van der Waals surface area contributed by atoms with Crippen LogP contribution in [0.2, 0.25) is 0 Å². The van der Waals surface area contributed by atoms with E-state index in [2.05, 4.69) is 26.3 Å². The summed E-state index contributed by atoms with van der Waals surface area (Å²) in [6.45, 7) is 2.14. The molecule has 1 aromatic rings. The Kier molecular flexibility index (Phi) is 4.60. The molecule has 1 heterocycles. The molecule has 110 valence electrons. The third-order valence-electron chi connectivity index (χ3n) is 4.58. The van der Waals surface area contributed by atoms with Crippen LogP contribution >= 0.6 is 9.24 Å². The highest BCUT2D eigenvalue weighted by Crippen LogP contribution is 2.29. The molecule has 1 atom stereocenters. The van der Waals surface area contributed by atoms with Gasteiger partial charge in [-0.25, -0.2) is 0 Å². The van der Waals surface area contributed by atoms with E-state index in [1.54, 1.807) is 0 Å². The molecule has 0 aromatic heterocycles. The molecule has 1 saturated carbocycles. The number of likely N-dealkylation sites (tertiary alicyclic amines) is 1. The minimum atomic E-state index is 0.358. The lowest BCUT2D eigenvalue weighted by atomic mass is 9.90. The van der Waals surface area contributed by atoms with Gasteiger partial charge in [0.1, 0.15) is 11.9 Å². The summed E-state index contributed by atoms with van der Waals surface area (Å²) in [6.07, 6.45) is 5.80. The van der Waals surface area contributed by atoms with Crippen LogP contribution in [0.3, 0.4) is 0 Å². The predicted molar refractivity (Wildman–Crippen MR) is 84.8 cm³/mol. The molecular formula is C16H24NO2P. The molecule has 1 aliphatic carbocycles. The van der Waals surface area contributed by atoms with Crippen molar-refractivity contribution in [1.29, 1.82) is 0 Å². The predicted octanol–water partition coefficient (Wildman–Crippen LogP) is 2.21. The van der Waals surface area contributed by atoms with Crippen molar-refractivity contribution in [3.05, 3.63) is 24.3 Å². The molecule has 1 aromatic carbocycles. The van der Waals surface area contributed by atoms with Crippen LogP contribution in [-0.4, -0.2) is 43.3 Å². The van der Waals surface area contributed by atoms with Crippen LogP contribution in [-0.2, 0) is 4.74 Å². The van der Waals surface area contributed by atoms with Crippen LogP contribution in [0.5, 0.6) is 5.75 Å². The molecule has 1 aliphatic heterocycles. The Morgan fingerprint density at radius 3 is 2.40 bits per heavy atom. The SMILES string of the molecule is COC1CCC(N2CC(Oc3ccccc3P)C2)CC1. The lowest BCUT2D eigenvalue weighted by Gasteiger charge is -2.46. The van der Waals surface area contributed by atoms with Crippen molar-refractivity contribution < 1.29 is 9.47 Å². The maximum atomic E-state index is 6.06. The maximum Gasteiger partial charge on any atom is 0.126 e. The number of para-hydroxylation sites is 1. The van der Waals surface area contributed by atoms with E-state index < -0.39 is 0 Å². The fraction of sp³-hybridized carbons (Fsp3) is 0.625. The second kappa shape index (κ2) is 6.43. The summed E-state index contributed by atoms with van der Waals surface area (Å²) in [4.78, 5) is 2.57. The second-order valence-corrected chi connectivity index (χ2v) is 6.52. The van der Waals surface area contributed by atoms with E-state index >= 15 is 0 Å². The van der Waals surface area contributed by atoms with Gasteiger partial charge in [-0.15, -0.1) is 9.24 Å². The van der Waals surface area contributed by atoms with Crippen molar-refractivity contribution in [2.75, 3.05) is 20.2 Å². The zero-order valence-electron chi connectivity index (χ0n) is 12.1. The first-order chi connectivity index (χ1) is 9.76. The molecule has 3 rings (SSSR count). The molecular weight excluding hydrogens is 269 g/mol. The zero-order chi connectivity index (χ0) is 13.9. The molecule has 0 radical (unpaired) electrons. The van der Waals surface area contributed by atoms with E-state index in [0.717, 1.165) is 30.2 Å². The van der Waals surface area contributed by atoms with E-state index in [-0.39, 0.29) is 0 Å². The molecule has 1 unspecified atom stereocenters. The normalized spacial score (nSPS) is 28.1. The topological polar surface area (TPSA) is 21.7 Å². The first kappa shape index (κ1) is 14.3. The average Bonchev–Trinajstić information content (AvgIpc) is 2.44. The highest BCUT2D eigenvalue weighted by atomic mass is 31.0. The Balaban J connectivity index is 1.44. The van der Waals surface area contributed by atoms with Gasteiger partial charge in [0, 0.05) is 31.5 Å². The summed E-state index contributed by atoms with van der Waals surface area (Å²) in [6, 6.07) is 8.94. The fourth-order valence-electron chi connectivity index (χ4n) is 3.26. The zero-order valence-corrected chi connectivity index (χ0v) is 13.3. The molecule has 0 spiro atoms. The Morgan fingerprint density at radius 1 is 1.05 bits per heavy atom. The first-order valence-electron chi connectivity index (χ1n) is 7.54. The summed E-state index contributed by atoms with van der Waals surface area (Å²) in [7, 11) is 4.57. The Bertz CT molecular complexity index is 440. The highest BCUT2D eigenvalue weighted by molar-refractivity contribution is 7.27. The van der Waals surface area contributed by atoms with E-state index in [0.29, 0.717) is 12.2 Å². The number of benzene rings is 1. The number of methoxy groups -OCH3 is 1. The summed E-state index contributed by atoms with van der Waals surface area (Å²) in [5.74, 6) is 1.00. The molecule has 1 saturated heterocycles. The second-order valence-electron chi connectivity index (χ2n) is 5.90. The molecule has 2 aliphatic rings. The van der Waals surface area contributed by atoms with Gasteiger partial charge in [0.2, 0.25) is 0 Å². The van der Waals surface area contributed by atoms with E-state index in [4.69, 9.17) is 9.47 Å². The highest BCUT2D eigenvalue weighted by Gasteiger charge is 2.35. The van der Waals surface area contributed by atoms with Crippen molar-refractivity contribution in [2.24, 2.45) is 0 Å². The molecule has 3 nitrogen and oxygen atoms in total. The van der Waals surface area contributed by atoms with Crippen molar-refractivity contribution in [3.63, 3.8) is 0 Å². The first-order valence-corrected chi connectivity index (χ1v) is 8.12. The van der Waals surface area contributed by atoms with Crippen molar-refractivity contribution >= 4 is 14.5 Å². The largest absolute Gasteiger partial charge is 0.487 e. The van der Waals surface area contributed by atoms with Crippen LogP contribution < -0.4 is 10.0 Å². The monoisotopic (exact) mass is 293 g/mol. The quantitative estimate of drug-likeness (QED) is 0.795. The standard InChI is InChI=1S/C16H24NO2P/c1-18-13-8-6-12(7-9-13)17-10-14(11-17)19-15-4-2-3-5-16(15)20/h2-5,12-14H,6-11,20H2,1H3. The molecule has 0 bridgehead atoms. The van der Waals surface area contributed by atoms with Gasteiger partial charge in [0.25, 0.3) is 0 Å². The number of hydrogen-bond donors (Lipinski definition) is 0. The summed E-state index contributed by atoms with van der Waals surface area (Å²) in [5.41, 5.74) is 0. The smallest absolute Gasteiger partial charge is 0.126 e. The number of hydrogen-bond acceptors (Lipinski definition) is 3. The summed E-state index contributed by atoms with van der Waals surface area (Å²) in [5, 5.41) is 1.14. The third-order valence-corrected chi connectivity index (χ3v) is 5.06. The number of rotatable bonds is 4. The van der Waals surface area contributed by atoms with Crippen LogP contribution in [0, 0.1) is 0 Å². The van der Waals surface area contributed by atoms with E-state index in [1.807, 2.05) is 19.2 Å². The Morgan fingerprint density at radius 2 is 1.75 bits per heavy atom.